The SMILES string of the molecule is C#CCC(=O)NC(C)C.CC1=C(C)Sc2ccccc2C(c2ccc(Br)cc2)=N1. The molecule has 0 saturated carbocycles. The number of hydrogen-bond donors (Lipinski definition) is 1. The summed E-state index contributed by atoms with van der Waals surface area (Å²) >= 11 is 5.28. The molecule has 1 aliphatic heterocycles. The van der Waals surface area contributed by atoms with Gasteiger partial charge < -0.3 is 5.32 Å². The van der Waals surface area contributed by atoms with Gasteiger partial charge in [-0.2, -0.15) is 0 Å². The minimum atomic E-state index is -0.0764. The number of fused-ring (bicyclic) bond motifs is 1. The van der Waals surface area contributed by atoms with Crippen LogP contribution in [0, 0.1) is 12.3 Å². The van der Waals surface area contributed by atoms with Gasteiger partial charge >= 0.3 is 0 Å². The lowest BCUT2D eigenvalue weighted by molar-refractivity contribution is -0.120. The predicted octanol–water partition coefficient (Wildman–Crippen LogP) is 6.18. The fourth-order valence-corrected chi connectivity index (χ4v) is 3.80. The van der Waals surface area contributed by atoms with Crippen LogP contribution in [-0.4, -0.2) is 17.7 Å². The highest BCUT2D eigenvalue weighted by atomic mass is 79.9. The normalized spacial score (nSPS) is 12.8. The first-order valence-electron chi connectivity index (χ1n) is 9.34. The van der Waals surface area contributed by atoms with E-state index >= 15 is 0 Å². The van der Waals surface area contributed by atoms with Crippen LogP contribution in [0.4, 0.5) is 0 Å². The number of thioether (sulfide) groups is 1. The fraction of sp³-hybridized carbons (Fsp3) is 0.250. The lowest BCUT2D eigenvalue weighted by atomic mass is 10.0. The van der Waals surface area contributed by atoms with Crippen LogP contribution < -0.4 is 5.32 Å². The van der Waals surface area contributed by atoms with E-state index in [2.05, 4.69) is 89.5 Å². The molecule has 3 rings (SSSR count). The molecule has 2 aromatic rings. The molecule has 0 aliphatic carbocycles. The lowest BCUT2D eigenvalue weighted by Crippen LogP contribution is -2.29. The van der Waals surface area contributed by atoms with Gasteiger partial charge in [0.25, 0.3) is 0 Å². The van der Waals surface area contributed by atoms with Crippen LogP contribution in [0.25, 0.3) is 0 Å². The molecule has 1 heterocycles. The molecule has 0 unspecified atom stereocenters. The number of terminal acetylenes is 1. The number of aliphatic imine (C=N–C) groups is 1. The first-order chi connectivity index (χ1) is 13.8. The van der Waals surface area contributed by atoms with E-state index in [1.165, 1.54) is 15.4 Å². The third-order valence-electron chi connectivity index (χ3n) is 4.02. The second-order valence-electron chi connectivity index (χ2n) is 6.81. The zero-order chi connectivity index (χ0) is 21.4. The summed E-state index contributed by atoms with van der Waals surface area (Å²) in [7, 11) is 0. The number of amides is 1. The van der Waals surface area contributed by atoms with Crippen LogP contribution in [0.5, 0.6) is 0 Å². The number of nitrogens with zero attached hydrogens (tertiary/aromatic N) is 1. The molecule has 3 nitrogen and oxygen atoms in total. The molecule has 150 valence electrons. The van der Waals surface area contributed by atoms with E-state index < -0.39 is 0 Å². The molecule has 2 aromatic carbocycles. The van der Waals surface area contributed by atoms with Crippen molar-refractivity contribution in [2.75, 3.05) is 0 Å². The summed E-state index contributed by atoms with van der Waals surface area (Å²) in [6, 6.07) is 17.0. The average Bonchev–Trinajstić information content (AvgIpc) is 2.79. The van der Waals surface area contributed by atoms with Crippen LogP contribution in [-0.2, 0) is 4.79 Å². The molecular formula is C24H25BrN2OS. The first kappa shape index (κ1) is 23.0. The van der Waals surface area contributed by atoms with Crippen molar-refractivity contribution in [2.24, 2.45) is 4.99 Å². The van der Waals surface area contributed by atoms with Crippen molar-refractivity contribution in [3.05, 3.63) is 74.7 Å². The van der Waals surface area contributed by atoms with Gasteiger partial charge in [0.15, 0.2) is 0 Å². The van der Waals surface area contributed by atoms with E-state index in [9.17, 15) is 4.79 Å². The van der Waals surface area contributed by atoms with Gasteiger partial charge in [-0.1, -0.05) is 63.9 Å². The van der Waals surface area contributed by atoms with E-state index in [1.54, 1.807) is 11.8 Å². The van der Waals surface area contributed by atoms with Gasteiger partial charge in [0.1, 0.15) is 0 Å². The zero-order valence-corrected chi connectivity index (χ0v) is 19.5. The van der Waals surface area contributed by atoms with Gasteiger partial charge in [0.2, 0.25) is 5.91 Å². The molecule has 29 heavy (non-hydrogen) atoms. The molecule has 1 aliphatic rings. The highest BCUT2D eigenvalue weighted by molar-refractivity contribution is 9.10. The van der Waals surface area contributed by atoms with Crippen molar-refractivity contribution in [2.45, 2.75) is 45.1 Å². The standard InChI is InChI=1S/C17H14BrNS.C7H11NO/c1-11-12(2)20-16-6-4-3-5-15(16)17(19-11)13-7-9-14(18)10-8-13;1-4-5-7(9)8-6(2)3/h3-10H,1-2H3;1,6H,5H2,2-3H3,(H,8,9). The number of halogens is 1. The van der Waals surface area contributed by atoms with Gasteiger partial charge in [-0.05, 0) is 45.9 Å². The Balaban J connectivity index is 0.000000284. The fourth-order valence-electron chi connectivity index (χ4n) is 2.59. The number of allylic oxidation sites excluding steroid dienone is 2. The summed E-state index contributed by atoms with van der Waals surface area (Å²) in [4.78, 5) is 18.0. The third kappa shape index (κ3) is 6.92. The molecule has 0 atom stereocenters. The van der Waals surface area contributed by atoms with Gasteiger partial charge in [0.05, 0.1) is 12.1 Å². The predicted molar refractivity (Wildman–Crippen MR) is 127 cm³/mol. The molecule has 0 aromatic heterocycles. The monoisotopic (exact) mass is 468 g/mol. The molecule has 1 N–H and O–H groups in total. The second kappa shape index (κ2) is 11.0. The zero-order valence-electron chi connectivity index (χ0n) is 17.1. The molecule has 0 fully saturated rings. The minimum absolute atomic E-state index is 0.0764. The van der Waals surface area contributed by atoms with Crippen LogP contribution in [0.15, 0.2) is 73.5 Å². The Labute approximate surface area is 186 Å². The lowest BCUT2D eigenvalue weighted by Gasteiger charge is -2.09. The maximum atomic E-state index is 10.6. The molecular weight excluding hydrogens is 444 g/mol. The second-order valence-corrected chi connectivity index (χ2v) is 8.98. The molecule has 0 spiro atoms. The maximum absolute atomic E-state index is 10.6. The number of nitrogens with one attached hydrogen (secondary N) is 1. The number of carbonyl (C=O) groups is 1. The van der Waals surface area contributed by atoms with E-state index in [0.717, 1.165) is 21.4 Å². The topological polar surface area (TPSA) is 41.5 Å². The van der Waals surface area contributed by atoms with Crippen molar-refractivity contribution >= 4 is 39.3 Å². The Bertz CT molecular complexity index is 969. The average molecular weight is 469 g/mol. The van der Waals surface area contributed by atoms with Crippen molar-refractivity contribution in [1.82, 2.24) is 5.32 Å². The maximum Gasteiger partial charge on any atom is 0.232 e. The van der Waals surface area contributed by atoms with E-state index in [1.807, 2.05) is 13.8 Å². The van der Waals surface area contributed by atoms with E-state index in [-0.39, 0.29) is 18.4 Å². The number of benzene rings is 2. The Morgan fingerprint density at radius 1 is 1.17 bits per heavy atom. The molecule has 5 heteroatoms. The van der Waals surface area contributed by atoms with Crippen LogP contribution in [0.1, 0.15) is 45.2 Å². The largest absolute Gasteiger partial charge is 0.353 e. The summed E-state index contributed by atoms with van der Waals surface area (Å²) < 4.78 is 1.08. The van der Waals surface area contributed by atoms with E-state index in [4.69, 9.17) is 11.4 Å². The van der Waals surface area contributed by atoms with Crippen molar-refractivity contribution in [3.63, 3.8) is 0 Å². The van der Waals surface area contributed by atoms with Crippen LogP contribution >= 0.6 is 27.7 Å². The number of carbonyl (C=O) groups excluding carboxylic acids is 1. The summed E-state index contributed by atoms with van der Waals surface area (Å²) in [6.07, 6.45) is 5.07. The highest BCUT2D eigenvalue weighted by Crippen LogP contribution is 2.36. The Hall–Kier alpha value is -2.29. The Kier molecular flexibility index (Phi) is 8.75. The first-order valence-corrected chi connectivity index (χ1v) is 10.9. The van der Waals surface area contributed by atoms with Crippen molar-refractivity contribution in [1.29, 1.82) is 0 Å². The molecule has 0 bridgehead atoms. The summed E-state index contributed by atoms with van der Waals surface area (Å²) in [5, 5.41) is 2.66. The van der Waals surface area contributed by atoms with Crippen LogP contribution in [0.3, 0.4) is 0 Å². The summed E-state index contributed by atoms with van der Waals surface area (Å²) in [5.41, 5.74) is 4.49. The third-order valence-corrected chi connectivity index (χ3v) is 5.73. The summed E-state index contributed by atoms with van der Waals surface area (Å²) in [5.74, 6) is 2.18. The van der Waals surface area contributed by atoms with Gasteiger partial charge in [-0.25, -0.2) is 0 Å². The minimum Gasteiger partial charge on any atom is -0.353 e. The van der Waals surface area contributed by atoms with Gasteiger partial charge in [-0.3, -0.25) is 9.79 Å². The van der Waals surface area contributed by atoms with Crippen molar-refractivity contribution in [3.8, 4) is 12.3 Å². The van der Waals surface area contributed by atoms with E-state index in [0.29, 0.717) is 0 Å². The number of hydrogen-bond acceptors (Lipinski definition) is 3. The van der Waals surface area contributed by atoms with Gasteiger partial charge in [-0.15, -0.1) is 6.42 Å². The molecule has 0 saturated heterocycles. The Morgan fingerprint density at radius 3 is 2.45 bits per heavy atom. The van der Waals surface area contributed by atoms with Crippen molar-refractivity contribution < 1.29 is 4.79 Å². The number of rotatable bonds is 3. The quantitative estimate of drug-likeness (QED) is 0.546. The Morgan fingerprint density at radius 2 is 1.83 bits per heavy atom. The highest BCUT2D eigenvalue weighted by Gasteiger charge is 2.16. The van der Waals surface area contributed by atoms with Gasteiger partial charge in [0, 0.05) is 37.1 Å². The van der Waals surface area contributed by atoms with Crippen LogP contribution in [0.2, 0.25) is 0 Å². The summed E-state index contributed by atoms with van der Waals surface area (Å²) in [6.45, 7) is 8.00. The molecule has 1 amide bonds. The molecule has 0 radical (unpaired) electrons. The smallest absolute Gasteiger partial charge is 0.232 e.